The van der Waals surface area contributed by atoms with E-state index in [-0.39, 0.29) is 35.8 Å². The third-order valence-electron chi connectivity index (χ3n) is 5.05. The van der Waals surface area contributed by atoms with Gasteiger partial charge in [0.1, 0.15) is 5.75 Å². The van der Waals surface area contributed by atoms with Crippen LogP contribution >= 0.6 is 12.4 Å². The molecule has 0 aliphatic carbocycles. The van der Waals surface area contributed by atoms with Crippen molar-refractivity contribution < 1.29 is 9.53 Å². The molecule has 24 heavy (non-hydrogen) atoms. The number of carbonyl (C=O) groups excluding carboxylic acids is 1. The molecule has 6 heteroatoms. The lowest BCUT2D eigenvalue weighted by atomic mass is 9.80. The maximum atomic E-state index is 12.5. The highest BCUT2D eigenvalue weighted by molar-refractivity contribution is 5.85. The Morgan fingerprint density at radius 2 is 2.12 bits per heavy atom. The monoisotopic (exact) mass is 353 g/mol. The number of ether oxygens (including phenoxy) is 1. The van der Waals surface area contributed by atoms with Crippen LogP contribution in [0.1, 0.15) is 38.3 Å². The summed E-state index contributed by atoms with van der Waals surface area (Å²) in [7, 11) is 0. The largest absolute Gasteiger partial charge is 0.493 e. The van der Waals surface area contributed by atoms with Gasteiger partial charge in [-0.3, -0.25) is 9.69 Å². The smallest absolute Gasteiger partial charge is 0.234 e. The lowest BCUT2D eigenvalue weighted by Crippen LogP contribution is -2.54. The van der Waals surface area contributed by atoms with Crippen molar-refractivity contribution in [3.63, 3.8) is 0 Å². The molecule has 1 saturated heterocycles. The third-order valence-corrected chi connectivity index (χ3v) is 5.05. The fourth-order valence-corrected chi connectivity index (χ4v) is 3.56. The Hall–Kier alpha value is -1.30. The van der Waals surface area contributed by atoms with Crippen LogP contribution in [-0.2, 0) is 4.79 Å². The van der Waals surface area contributed by atoms with E-state index in [1.54, 1.807) is 0 Å². The van der Waals surface area contributed by atoms with Gasteiger partial charge in [-0.1, -0.05) is 32.0 Å². The number of benzene rings is 1. The summed E-state index contributed by atoms with van der Waals surface area (Å²) >= 11 is 0. The van der Waals surface area contributed by atoms with E-state index in [0.29, 0.717) is 13.2 Å². The van der Waals surface area contributed by atoms with Crippen molar-refractivity contribution in [3.8, 4) is 5.75 Å². The van der Waals surface area contributed by atoms with Gasteiger partial charge in [0.2, 0.25) is 5.91 Å². The summed E-state index contributed by atoms with van der Waals surface area (Å²) in [5, 5.41) is 3.17. The van der Waals surface area contributed by atoms with Gasteiger partial charge >= 0.3 is 0 Å². The number of likely N-dealkylation sites (tertiary alicyclic amines) is 1. The van der Waals surface area contributed by atoms with Crippen LogP contribution in [0.3, 0.4) is 0 Å². The van der Waals surface area contributed by atoms with Crippen LogP contribution in [0.25, 0.3) is 0 Å². The summed E-state index contributed by atoms with van der Waals surface area (Å²) < 4.78 is 5.65. The first-order valence-electron chi connectivity index (χ1n) is 8.45. The molecular formula is C18H28ClN3O2. The van der Waals surface area contributed by atoms with Crippen LogP contribution in [-0.4, -0.2) is 43.1 Å². The van der Waals surface area contributed by atoms with Crippen molar-refractivity contribution in [2.75, 3.05) is 26.2 Å². The maximum absolute atomic E-state index is 12.5. The molecule has 0 bridgehead atoms. The summed E-state index contributed by atoms with van der Waals surface area (Å²) in [6.45, 7) is 7.20. The topological polar surface area (TPSA) is 67.6 Å². The molecule has 1 amide bonds. The van der Waals surface area contributed by atoms with E-state index in [2.05, 4.69) is 24.1 Å². The molecule has 3 rings (SSSR count). The molecule has 1 fully saturated rings. The Morgan fingerprint density at radius 1 is 1.38 bits per heavy atom. The SMILES string of the molecule is CC1(C)CN(CC(=O)NC2CCOc3ccccc32)CCC1N.Cl. The molecule has 3 N–H and O–H groups in total. The molecule has 2 unspecified atom stereocenters. The van der Waals surface area contributed by atoms with E-state index in [4.69, 9.17) is 10.5 Å². The highest BCUT2D eigenvalue weighted by Crippen LogP contribution is 2.31. The number of rotatable bonds is 3. The highest BCUT2D eigenvalue weighted by Gasteiger charge is 2.34. The highest BCUT2D eigenvalue weighted by atomic mass is 35.5. The average Bonchev–Trinajstić information content (AvgIpc) is 2.51. The van der Waals surface area contributed by atoms with Crippen LogP contribution in [0.15, 0.2) is 24.3 Å². The zero-order valence-electron chi connectivity index (χ0n) is 14.5. The van der Waals surface area contributed by atoms with Gasteiger partial charge in [0.25, 0.3) is 0 Å². The minimum absolute atomic E-state index is 0. The summed E-state index contributed by atoms with van der Waals surface area (Å²) in [4.78, 5) is 14.7. The Bertz CT molecular complexity index is 579. The first kappa shape index (κ1) is 19.0. The van der Waals surface area contributed by atoms with E-state index < -0.39 is 0 Å². The van der Waals surface area contributed by atoms with Crippen LogP contribution in [0.4, 0.5) is 0 Å². The predicted molar refractivity (Wildman–Crippen MR) is 97.5 cm³/mol. The molecule has 2 aliphatic heterocycles. The first-order chi connectivity index (χ1) is 11.0. The quantitative estimate of drug-likeness (QED) is 0.873. The molecule has 0 radical (unpaired) electrons. The number of hydrogen-bond donors (Lipinski definition) is 2. The number of nitrogens with zero attached hydrogens (tertiary/aromatic N) is 1. The number of carbonyl (C=O) groups is 1. The summed E-state index contributed by atoms with van der Waals surface area (Å²) in [6.07, 6.45) is 1.76. The van der Waals surface area contributed by atoms with E-state index in [1.165, 1.54) is 0 Å². The number of nitrogens with two attached hydrogens (primary N) is 1. The van der Waals surface area contributed by atoms with Crippen molar-refractivity contribution >= 4 is 18.3 Å². The average molecular weight is 354 g/mol. The lowest BCUT2D eigenvalue weighted by Gasteiger charge is -2.42. The number of nitrogens with one attached hydrogen (secondary N) is 1. The van der Waals surface area contributed by atoms with E-state index >= 15 is 0 Å². The van der Waals surface area contributed by atoms with Crippen molar-refractivity contribution in [1.29, 1.82) is 0 Å². The second-order valence-electron chi connectivity index (χ2n) is 7.39. The number of hydrogen-bond acceptors (Lipinski definition) is 4. The van der Waals surface area contributed by atoms with Crippen LogP contribution in [0.2, 0.25) is 0 Å². The van der Waals surface area contributed by atoms with Gasteiger partial charge in [0.05, 0.1) is 19.2 Å². The van der Waals surface area contributed by atoms with Crippen molar-refractivity contribution in [1.82, 2.24) is 10.2 Å². The van der Waals surface area contributed by atoms with Crippen molar-refractivity contribution in [3.05, 3.63) is 29.8 Å². The maximum Gasteiger partial charge on any atom is 0.234 e. The van der Waals surface area contributed by atoms with Gasteiger partial charge in [-0.15, -0.1) is 12.4 Å². The second kappa shape index (κ2) is 7.72. The van der Waals surface area contributed by atoms with Gasteiger partial charge in [-0.25, -0.2) is 0 Å². The number of halogens is 1. The van der Waals surface area contributed by atoms with Crippen LogP contribution in [0, 0.1) is 5.41 Å². The zero-order valence-corrected chi connectivity index (χ0v) is 15.3. The Labute approximate surface area is 150 Å². The minimum Gasteiger partial charge on any atom is -0.493 e. The molecule has 5 nitrogen and oxygen atoms in total. The Kier molecular flexibility index (Phi) is 6.12. The second-order valence-corrected chi connectivity index (χ2v) is 7.39. The minimum atomic E-state index is 0. The van der Waals surface area contributed by atoms with Crippen LogP contribution in [0.5, 0.6) is 5.75 Å². The predicted octanol–water partition coefficient (Wildman–Crippen LogP) is 2.11. The van der Waals surface area contributed by atoms with Gasteiger partial charge in [0.15, 0.2) is 0 Å². The van der Waals surface area contributed by atoms with E-state index in [1.807, 2.05) is 24.3 Å². The van der Waals surface area contributed by atoms with Gasteiger partial charge in [0, 0.05) is 31.1 Å². The summed E-state index contributed by atoms with van der Waals surface area (Å²) in [6, 6.07) is 8.20. The molecule has 0 aromatic heterocycles. The zero-order chi connectivity index (χ0) is 16.4. The lowest BCUT2D eigenvalue weighted by molar-refractivity contribution is -0.124. The molecule has 1 aromatic rings. The van der Waals surface area contributed by atoms with Crippen LogP contribution < -0.4 is 15.8 Å². The number of amides is 1. The standard InChI is InChI=1S/C18H27N3O2.ClH/c1-18(2)12-21(9-7-16(18)19)11-17(22)20-14-8-10-23-15-6-4-3-5-13(14)15;/h3-6,14,16H,7-12,19H2,1-2H3,(H,20,22);1H. The number of piperidine rings is 1. The third kappa shape index (κ3) is 4.21. The van der Waals surface area contributed by atoms with E-state index in [9.17, 15) is 4.79 Å². The van der Waals surface area contributed by atoms with Gasteiger partial charge < -0.3 is 15.8 Å². The number of fused-ring (bicyclic) bond motifs is 1. The summed E-state index contributed by atoms with van der Waals surface area (Å²) in [5.74, 6) is 0.965. The molecule has 0 saturated carbocycles. The molecule has 1 aromatic carbocycles. The molecular weight excluding hydrogens is 326 g/mol. The van der Waals surface area contributed by atoms with Gasteiger partial charge in [-0.2, -0.15) is 0 Å². The molecule has 0 spiro atoms. The van der Waals surface area contributed by atoms with Crippen molar-refractivity contribution in [2.24, 2.45) is 11.1 Å². The number of para-hydroxylation sites is 1. The van der Waals surface area contributed by atoms with Gasteiger partial charge in [-0.05, 0) is 17.9 Å². The molecule has 2 atom stereocenters. The molecule has 2 heterocycles. The van der Waals surface area contributed by atoms with E-state index in [0.717, 1.165) is 37.2 Å². The fourth-order valence-electron chi connectivity index (χ4n) is 3.56. The molecule has 2 aliphatic rings. The van der Waals surface area contributed by atoms with Crippen molar-refractivity contribution in [2.45, 2.75) is 38.8 Å². The Balaban J connectivity index is 0.00000208. The first-order valence-corrected chi connectivity index (χ1v) is 8.45. The normalized spacial score (nSPS) is 25.8. The molecule has 134 valence electrons. The fraction of sp³-hybridized carbons (Fsp3) is 0.611. The summed E-state index contributed by atoms with van der Waals surface area (Å²) in [5.41, 5.74) is 7.30. The Morgan fingerprint density at radius 3 is 2.88 bits per heavy atom.